The molecule has 0 saturated carbocycles. The molecule has 170 valence electrons. The summed E-state index contributed by atoms with van der Waals surface area (Å²) in [5.74, 6) is 0.260. The molecule has 0 radical (unpaired) electrons. The highest BCUT2D eigenvalue weighted by Crippen LogP contribution is 2.31. The fourth-order valence-electron chi connectivity index (χ4n) is 3.81. The lowest BCUT2D eigenvalue weighted by atomic mass is 9.98. The number of amides is 2. The van der Waals surface area contributed by atoms with Crippen LogP contribution < -0.4 is 10.1 Å². The molecule has 2 heterocycles. The van der Waals surface area contributed by atoms with Crippen molar-refractivity contribution in [2.75, 3.05) is 25.6 Å². The maximum absolute atomic E-state index is 12.5. The fraction of sp³-hybridized carbons (Fsp3) is 0.240. The summed E-state index contributed by atoms with van der Waals surface area (Å²) in [7, 11) is 1.57. The van der Waals surface area contributed by atoms with Gasteiger partial charge < -0.3 is 24.8 Å². The van der Waals surface area contributed by atoms with E-state index in [4.69, 9.17) is 9.47 Å². The van der Waals surface area contributed by atoms with Crippen LogP contribution in [0.1, 0.15) is 27.6 Å². The molecule has 33 heavy (non-hydrogen) atoms. The Morgan fingerprint density at radius 3 is 2.58 bits per heavy atom. The summed E-state index contributed by atoms with van der Waals surface area (Å²) in [5, 5.41) is 12.9. The van der Waals surface area contributed by atoms with Gasteiger partial charge in [-0.05, 0) is 53.6 Å². The molecule has 4 rings (SSSR count). The van der Waals surface area contributed by atoms with Gasteiger partial charge in [0, 0.05) is 30.2 Å². The molecule has 8 heteroatoms. The first-order valence-corrected chi connectivity index (χ1v) is 10.5. The number of aliphatic hydroxyl groups is 1. The molecule has 2 aromatic carbocycles. The number of nitrogens with one attached hydrogen (secondary N) is 1. The molecule has 1 aliphatic heterocycles. The van der Waals surface area contributed by atoms with E-state index in [0.29, 0.717) is 23.5 Å². The second kappa shape index (κ2) is 10.2. The van der Waals surface area contributed by atoms with Gasteiger partial charge in [0.05, 0.1) is 19.8 Å². The highest BCUT2D eigenvalue weighted by Gasteiger charge is 2.37. The van der Waals surface area contributed by atoms with Crippen molar-refractivity contribution < 1.29 is 24.2 Å². The SMILES string of the molecule is COc1ccc(C(=O)Nc2ccc(C3OCC(=O)N(Cc4cccnc4)C3CO)cc2)cc1. The number of nitrogens with zero attached hydrogens (tertiary/aromatic N) is 2. The van der Waals surface area contributed by atoms with Gasteiger partial charge in [0.15, 0.2) is 0 Å². The van der Waals surface area contributed by atoms with Crippen LogP contribution >= 0.6 is 0 Å². The van der Waals surface area contributed by atoms with Gasteiger partial charge in [-0.25, -0.2) is 0 Å². The lowest BCUT2D eigenvalue weighted by molar-refractivity contribution is -0.162. The van der Waals surface area contributed by atoms with Gasteiger partial charge in [-0.1, -0.05) is 18.2 Å². The Hall–Kier alpha value is -3.75. The molecule has 1 saturated heterocycles. The normalized spacial score (nSPS) is 18.1. The van der Waals surface area contributed by atoms with Crippen molar-refractivity contribution in [1.29, 1.82) is 0 Å². The Morgan fingerprint density at radius 2 is 1.94 bits per heavy atom. The van der Waals surface area contributed by atoms with E-state index in [0.717, 1.165) is 11.1 Å². The molecule has 1 fully saturated rings. The van der Waals surface area contributed by atoms with Gasteiger partial charge in [-0.15, -0.1) is 0 Å². The molecule has 8 nitrogen and oxygen atoms in total. The molecular formula is C25H25N3O5. The molecule has 0 spiro atoms. The average Bonchev–Trinajstić information content (AvgIpc) is 2.86. The van der Waals surface area contributed by atoms with Crippen LogP contribution in [-0.2, 0) is 16.1 Å². The van der Waals surface area contributed by atoms with Gasteiger partial charge >= 0.3 is 0 Å². The number of rotatable bonds is 7. The molecular weight excluding hydrogens is 422 g/mol. The van der Waals surface area contributed by atoms with Gasteiger partial charge in [0.2, 0.25) is 5.91 Å². The Labute approximate surface area is 191 Å². The predicted octanol–water partition coefficient (Wildman–Crippen LogP) is 2.80. The van der Waals surface area contributed by atoms with E-state index in [1.165, 1.54) is 0 Å². The van der Waals surface area contributed by atoms with Crippen LogP contribution in [0.5, 0.6) is 5.75 Å². The van der Waals surface area contributed by atoms with Gasteiger partial charge in [0.1, 0.15) is 18.5 Å². The van der Waals surface area contributed by atoms with E-state index in [1.54, 1.807) is 60.8 Å². The first-order chi connectivity index (χ1) is 16.1. The first kappa shape index (κ1) is 22.4. The van der Waals surface area contributed by atoms with Gasteiger partial charge in [0.25, 0.3) is 5.91 Å². The average molecular weight is 447 g/mol. The Kier molecular flexibility index (Phi) is 6.97. The topological polar surface area (TPSA) is 101 Å². The number of hydrogen-bond acceptors (Lipinski definition) is 6. The summed E-state index contributed by atoms with van der Waals surface area (Å²) in [6.07, 6.45) is 2.88. The molecule has 2 N–H and O–H groups in total. The number of aliphatic hydroxyl groups excluding tert-OH is 1. The quantitative estimate of drug-likeness (QED) is 0.578. The number of hydrogen-bond donors (Lipinski definition) is 2. The standard InChI is InChI=1S/C25H25N3O5/c1-32-21-10-6-19(7-11-21)25(31)27-20-8-4-18(5-9-20)24-22(15-29)28(23(30)16-33-24)14-17-3-2-12-26-13-17/h2-13,22,24,29H,14-16H2,1H3,(H,27,31). The third-order valence-corrected chi connectivity index (χ3v) is 5.57. The molecule has 2 amide bonds. The van der Waals surface area contributed by atoms with Crippen molar-refractivity contribution in [3.63, 3.8) is 0 Å². The zero-order valence-electron chi connectivity index (χ0n) is 18.2. The smallest absolute Gasteiger partial charge is 0.255 e. The summed E-state index contributed by atoms with van der Waals surface area (Å²) < 4.78 is 10.9. The Morgan fingerprint density at radius 1 is 1.18 bits per heavy atom. The van der Waals surface area contributed by atoms with Crippen LogP contribution in [0.15, 0.2) is 73.1 Å². The van der Waals surface area contributed by atoms with Crippen LogP contribution in [0.2, 0.25) is 0 Å². The number of pyridine rings is 1. The van der Waals surface area contributed by atoms with Crippen molar-refractivity contribution in [2.45, 2.75) is 18.7 Å². The number of ether oxygens (including phenoxy) is 2. The molecule has 3 aromatic rings. The molecule has 1 aliphatic rings. The molecule has 2 atom stereocenters. The summed E-state index contributed by atoms with van der Waals surface area (Å²) >= 11 is 0. The maximum Gasteiger partial charge on any atom is 0.255 e. The highest BCUT2D eigenvalue weighted by molar-refractivity contribution is 6.04. The van der Waals surface area contributed by atoms with Crippen molar-refractivity contribution in [1.82, 2.24) is 9.88 Å². The Bertz CT molecular complexity index is 1090. The zero-order chi connectivity index (χ0) is 23.2. The third kappa shape index (κ3) is 5.19. The van der Waals surface area contributed by atoms with E-state index >= 15 is 0 Å². The van der Waals surface area contributed by atoms with Crippen molar-refractivity contribution in [2.24, 2.45) is 0 Å². The largest absolute Gasteiger partial charge is 0.497 e. The van der Waals surface area contributed by atoms with Crippen LogP contribution in [0.3, 0.4) is 0 Å². The number of carbonyl (C=O) groups excluding carboxylic acids is 2. The maximum atomic E-state index is 12.5. The first-order valence-electron chi connectivity index (χ1n) is 10.5. The summed E-state index contributed by atoms with van der Waals surface area (Å²) in [6.45, 7) is 0.0256. The number of benzene rings is 2. The molecule has 0 aliphatic carbocycles. The van der Waals surface area contributed by atoms with Crippen molar-refractivity contribution in [3.05, 3.63) is 89.7 Å². The minimum atomic E-state index is -0.536. The van der Waals surface area contributed by atoms with E-state index in [1.807, 2.05) is 24.3 Å². The summed E-state index contributed by atoms with van der Waals surface area (Å²) in [6, 6.07) is 17.2. The number of aromatic nitrogens is 1. The lowest BCUT2D eigenvalue weighted by Gasteiger charge is -2.40. The number of morpholine rings is 1. The number of methoxy groups -OCH3 is 1. The van der Waals surface area contributed by atoms with Crippen LogP contribution in [0.4, 0.5) is 5.69 Å². The second-order valence-corrected chi connectivity index (χ2v) is 7.67. The van der Waals surface area contributed by atoms with Crippen LogP contribution in [0, 0.1) is 0 Å². The predicted molar refractivity (Wildman–Crippen MR) is 122 cm³/mol. The lowest BCUT2D eigenvalue weighted by Crippen LogP contribution is -2.52. The molecule has 1 aromatic heterocycles. The van der Waals surface area contributed by atoms with E-state index in [9.17, 15) is 14.7 Å². The minimum absolute atomic E-state index is 0.0720. The van der Waals surface area contributed by atoms with E-state index in [-0.39, 0.29) is 25.0 Å². The van der Waals surface area contributed by atoms with Crippen LogP contribution in [-0.4, -0.2) is 53.2 Å². The highest BCUT2D eigenvalue weighted by atomic mass is 16.5. The van der Waals surface area contributed by atoms with Crippen molar-refractivity contribution >= 4 is 17.5 Å². The zero-order valence-corrected chi connectivity index (χ0v) is 18.2. The van der Waals surface area contributed by atoms with E-state index < -0.39 is 12.1 Å². The second-order valence-electron chi connectivity index (χ2n) is 7.67. The minimum Gasteiger partial charge on any atom is -0.497 e. The van der Waals surface area contributed by atoms with Crippen LogP contribution in [0.25, 0.3) is 0 Å². The summed E-state index contributed by atoms with van der Waals surface area (Å²) in [4.78, 5) is 30.7. The fourth-order valence-corrected chi connectivity index (χ4v) is 3.81. The number of anilines is 1. The molecule has 2 unspecified atom stereocenters. The number of carbonyl (C=O) groups is 2. The van der Waals surface area contributed by atoms with E-state index in [2.05, 4.69) is 10.3 Å². The Balaban J connectivity index is 1.46. The molecule has 0 bridgehead atoms. The van der Waals surface area contributed by atoms with Gasteiger partial charge in [-0.3, -0.25) is 14.6 Å². The van der Waals surface area contributed by atoms with Gasteiger partial charge in [-0.2, -0.15) is 0 Å². The summed E-state index contributed by atoms with van der Waals surface area (Å²) in [5.41, 5.74) is 2.82. The van der Waals surface area contributed by atoms with Crippen molar-refractivity contribution in [3.8, 4) is 5.75 Å². The monoisotopic (exact) mass is 447 g/mol. The third-order valence-electron chi connectivity index (χ3n) is 5.57.